The fraction of sp³-hybridized carbons (Fsp3) is 0.611. The van der Waals surface area contributed by atoms with Crippen molar-refractivity contribution < 1.29 is 9.90 Å². The number of anilines is 1. The first-order chi connectivity index (χ1) is 11.2. The van der Waals surface area contributed by atoms with E-state index in [4.69, 9.17) is 5.73 Å². The van der Waals surface area contributed by atoms with Crippen LogP contribution in [0.4, 0.5) is 5.69 Å². The van der Waals surface area contributed by atoms with Gasteiger partial charge < -0.3 is 10.8 Å². The van der Waals surface area contributed by atoms with Crippen molar-refractivity contribution in [2.75, 3.05) is 5.73 Å². The number of aliphatic hydroxyl groups is 1. The van der Waals surface area contributed by atoms with E-state index in [1.165, 1.54) is 11.3 Å². The molecule has 2 aromatic rings. The van der Waals surface area contributed by atoms with E-state index in [1.54, 1.807) is 13.8 Å². The zero-order valence-corrected chi connectivity index (χ0v) is 15.6. The molecule has 2 heterocycles. The molecule has 0 radical (unpaired) electrons. The number of hydrogen-bond donors (Lipinski definition) is 2. The topological polar surface area (TPSA) is 89.1 Å². The average Bonchev–Trinajstić information content (AvgIpc) is 2.87. The molecule has 1 aliphatic carbocycles. The van der Waals surface area contributed by atoms with Crippen LogP contribution < -0.4 is 5.73 Å². The molecule has 0 aromatic carbocycles. The van der Waals surface area contributed by atoms with Gasteiger partial charge in [-0.05, 0) is 46.1 Å². The summed E-state index contributed by atoms with van der Waals surface area (Å²) in [6.45, 7) is 7.33. The Balaban J connectivity index is 2.17. The Labute approximate surface area is 146 Å². The quantitative estimate of drug-likeness (QED) is 0.825. The summed E-state index contributed by atoms with van der Waals surface area (Å²) in [4.78, 5) is 14.7. The van der Waals surface area contributed by atoms with E-state index < -0.39 is 11.0 Å². The van der Waals surface area contributed by atoms with E-state index >= 15 is 0 Å². The Hall–Kier alpha value is -1.53. The van der Waals surface area contributed by atoms with Gasteiger partial charge in [0.25, 0.3) is 0 Å². The first-order valence-corrected chi connectivity index (χ1v) is 9.30. The molecule has 5 nitrogen and oxygen atoms in total. The summed E-state index contributed by atoms with van der Waals surface area (Å²) >= 11 is 1.30. The minimum absolute atomic E-state index is 0.0350. The highest BCUT2D eigenvalue weighted by molar-refractivity contribution is 7.21. The van der Waals surface area contributed by atoms with Gasteiger partial charge in [-0.3, -0.25) is 4.79 Å². The predicted molar refractivity (Wildman–Crippen MR) is 97.4 cm³/mol. The Bertz CT molecular complexity index is 799. The predicted octanol–water partition coefficient (Wildman–Crippen LogP) is 3.79. The molecule has 0 atom stereocenters. The number of carbonyl (C=O) groups excluding carboxylic acids is 1. The van der Waals surface area contributed by atoms with Crippen LogP contribution in [0.2, 0.25) is 0 Å². The average molecular weight is 347 g/mol. The Morgan fingerprint density at radius 3 is 2.42 bits per heavy atom. The number of hydrogen-bond acceptors (Lipinski definition) is 6. The van der Waals surface area contributed by atoms with Crippen LogP contribution >= 0.6 is 11.3 Å². The first-order valence-electron chi connectivity index (χ1n) is 8.48. The van der Waals surface area contributed by atoms with E-state index in [0.29, 0.717) is 28.2 Å². The van der Waals surface area contributed by atoms with Crippen LogP contribution in [0.1, 0.15) is 66.9 Å². The number of nitrogens with zero attached hydrogens (tertiary/aromatic N) is 2. The number of rotatable bonds is 3. The van der Waals surface area contributed by atoms with Gasteiger partial charge in [-0.15, -0.1) is 16.4 Å². The van der Waals surface area contributed by atoms with Crippen LogP contribution in [0.25, 0.3) is 10.2 Å². The highest BCUT2D eigenvalue weighted by Gasteiger charge is 2.51. The molecule has 0 amide bonds. The zero-order chi connectivity index (χ0) is 17.7. The van der Waals surface area contributed by atoms with Crippen molar-refractivity contribution in [2.45, 2.75) is 65.4 Å². The molecule has 1 aliphatic rings. The lowest BCUT2D eigenvalue weighted by molar-refractivity contribution is -0.0548. The number of aryl methyl sites for hydroxylation is 2. The van der Waals surface area contributed by atoms with Crippen molar-refractivity contribution in [3.05, 3.63) is 16.1 Å². The largest absolute Gasteiger partial charge is 0.397 e. The van der Waals surface area contributed by atoms with Crippen molar-refractivity contribution in [1.29, 1.82) is 0 Å². The molecule has 3 N–H and O–H groups in total. The lowest BCUT2D eigenvalue weighted by atomic mass is 9.61. The first kappa shape index (κ1) is 17.3. The number of nitrogen functional groups attached to an aromatic ring is 1. The van der Waals surface area contributed by atoms with Gasteiger partial charge in [0.1, 0.15) is 4.83 Å². The third-order valence-electron chi connectivity index (χ3n) is 5.65. The summed E-state index contributed by atoms with van der Waals surface area (Å²) in [5.41, 5.74) is 6.79. The van der Waals surface area contributed by atoms with Gasteiger partial charge in [-0.25, -0.2) is 0 Å². The maximum Gasteiger partial charge on any atom is 0.183 e. The number of fused-ring (bicyclic) bond motifs is 1. The minimum Gasteiger partial charge on any atom is -0.397 e. The van der Waals surface area contributed by atoms with E-state index in [9.17, 15) is 9.90 Å². The molecule has 1 saturated carbocycles. The van der Waals surface area contributed by atoms with Gasteiger partial charge >= 0.3 is 0 Å². The summed E-state index contributed by atoms with van der Waals surface area (Å²) in [6.07, 6.45) is 4.42. The molecular weight excluding hydrogens is 322 g/mol. The zero-order valence-electron chi connectivity index (χ0n) is 14.8. The SMILES string of the molecule is Cc1nnc2sc(C(=O)C3(C(C)(C)O)CCCCC3)c(N)c2c1C. The summed E-state index contributed by atoms with van der Waals surface area (Å²) in [5, 5.41) is 20.0. The second kappa shape index (κ2) is 5.77. The summed E-state index contributed by atoms with van der Waals surface area (Å²) in [6, 6.07) is 0. The van der Waals surface area contributed by atoms with E-state index in [0.717, 1.165) is 35.9 Å². The van der Waals surface area contributed by atoms with Crippen molar-refractivity contribution in [1.82, 2.24) is 10.2 Å². The number of Topliss-reactive ketones (excluding diaryl/α,β-unsaturated/α-hetero) is 1. The molecule has 0 saturated heterocycles. The van der Waals surface area contributed by atoms with Crippen molar-refractivity contribution >= 4 is 33.0 Å². The standard InChI is InChI=1S/C18H25N3O2S/c1-10-11(2)20-21-16-12(10)13(19)14(24-16)15(22)18(17(3,4)23)8-6-5-7-9-18/h23H,5-9,19H2,1-4H3. The van der Waals surface area contributed by atoms with Gasteiger partial charge in [0.15, 0.2) is 5.78 Å². The molecule has 3 rings (SSSR count). The Morgan fingerprint density at radius 1 is 1.21 bits per heavy atom. The maximum absolute atomic E-state index is 13.5. The lowest BCUT2D eigenvalue weighted by Crippen LogP contribution is -2.50. The summed E-state index contributed by atoms with van der Waals surface area (Å²) in [7, 11) is 0. The molecule has 0 aliphatic heterocycles. The maximum atomic E-state index is 13.5. The smallest absolute Gasteiger partial charge is 0.183 e. The summed E-state index contributed by atoms with van der Waals surface area (Å²) in [5.74, 6) is -0.0350. The number of carbonyl (C=O) groups is 1. The molecule has 2 aromatic heterocycles. The van der Waals surface area contributed by atoms with Gasteiger partial charge in [-0.1, -0.05) is 19.3 Å². The van der Waals surface area contributed by atoms with Crippen LogP contribution in [0.15, 0.2) is 0 Å². The minimum atomic E-state index is -1.08. The Morgan fingerprint density at radius 2 is 1.83 bits per heavy atom. The molecule has 6 heteroatoms. The van der Waals surface area contributed by atoms with Crippen LogP contribution in [-0.4, -0.2) is 26.7 Å². The normalized spacial score (nSPS) is 18.0. The van der Waals surface area contributed by atoms with Gasteiger partial charge in [0, 0.05) is 5.39 Å². The molecule has 0 unspecified atom stereocenters. The number of aromatic nitrogens is 2. The highest BCUT2D eigenvalue weighted by atomic mass is 32.1. The number of thiophene rings is 1. The molecule has 24 heavy (non-hydrogen) atoms. The second-order valence-corrected chi connectivity index (χ2v) is 8.47. The monoisotopic (exact) mass is 347 g/mol. The van der Waals surface area contributed by atoms with Crippen molar-refractivity contribution in [3.8, 4) is 0 Å². The fourth-order valence-electron chi connectivity index (χ4n) is 3.90. The van der Waals surface area contributed by atoms with Crippen LogP contribution in [0.3, 0.4) is 0 Å². The van der Waals surface area contributed by atoms with Crippen LogP contribution in [0, 0.1) is 19.3 Å². The van der Waals surface area contributed by atoms with Crippen molar-refractivity contribution in [3.63, 3.8) is 0 Å². The lowest BCUT2D eigenvalue weighted by Gasteiger charge is -2.44. The summed E-state index contributed by atoms with van der Waals surface area (Å²) < 4.78 is 0. The van der Waals surface area contributed by atoms with Crippen LogP contribution in [0.5, 0.6) is 0 Å². The molecule has 1 fully saturated rings. The molecular formula is C18H25N3O2S. The highest BCUT2D eigenvalue weighted by Crippen LogP contribution is 2.49. The van der Waals surface area contributed by atoms with Gasteiger partial charge in [0.2, 0.25) is 0 Å². The van der Waals surface area contributed by atoms with Gasteiger partial charge in [-0.2, -0.15) is 5.10 Å². The number of ketones is 1. The molecule has 130 valence electrons. The van der Waals surface area contributed by atoms with E-state index in [-0.39, 0.29) is 5.78 Å². The third kappa shape index (κ3) is 2.43. The van der Waals surface area contributed by atoms with Gasteiger partial charge in [0.05, 0.1) is 27.3 Å². The van der Waals surface area contributed by atoms with Crippen molar-refractivity contribution in [2.24, 2.45) is 5.41 Å². The Kier molecular flexibility index (Phi) is 4.16. The molecule has 0 spiro atoms. The fourth-order valence-corrected chi connectivity index (χ4v) is 5.04. The van der Waals surface area contributed by atoms with E-state index in [1.807, 2.05) is 13.8 Å². The number of nitrogens with two attached hydrogens (primary N) is 1. The molecule has 0 bridgehead atoms. The second-order valence-electron chi connectivity index (χ2n) is 7.47. The third-order valence-corrected chi connectivity index (χ3v) is 6.74. The van der Waals surface area contributed by atoms with Crippen LogP contribution in [-0.2, 0) is 0 Å². The van der Waals surface area contributed by atoms with E-state index in [2.05, 4.69) is 10.2 Å².